The van der Waals surface area contributed by atoms with Gasteiger partial charge in [-0.1, -0.05) is 0 Å². The second-order valence-electron chi connectivity index (χ2n) is 2.53. The summed E-state index contributed by atoms with van der Waals surface area (Å²) < 4.78 is 7.03. The lowest BCUT2D eigenvalue weighted by molar-refractivity contribution is -0.0999. The minimum atomic E-state index is -1.76. The Bertz CT molecular complexity index is 201. The van der Waals surface area contributed by atoms with Gasteiger partial charge in [0.15, 0.2) is 0 Å². The Kier molecular flexibility index (Phi) is 4.87. The summed E-state index contributed by atoms with van der Waals surface area (Å²) in [6.45, 7) is -0.748. The second kappa shape index (κ2) is 6.01. The van der Waals surface area contributed by atoms with Crippen molar-refractivity contribution in [1.29, 1.82) is 0 Å². The Labute approximate surface area is 77.2 Å². The van der Waals surface area contributed by atoms with Gasteiger partial charge in [0.05, 0.1) is 7.98 Å². The van der Waals surface area contributed by atoms with Crippen LogP contribution in [0.2, 0.25) is 0 Å². The summed E-state index contributed by atoms with van der Waals surface area (Å²) in [7, 11) is 1.24. The Morgan fingerprint density at radius 1 is 1.31 bits per heavy atom. The van der Waals surface area contributed by atoms with Crippen LogP contribution in [0.3, 0.4) is 0 Å². The molecule has 0 spiro atoms. The summed E-state index contributed by atoms with van der Waals surface area (Å²) in [6, 6.07) is 0. The van der Waals surface area contributed by atoms with Crippen LogP contribution in [0.4, 0.5) is 0 Å². The molecule has 78 valence electrons. The van der Waals surface area contributed by atoms with Crippen LogP contribution >= 0.6 is 0 Å². The molecule has 0 fully saturated rings. The Morgan fingerprint density at radius 3 is 2.23 bits per heavy atom. The average molecular weight is 194 g/mol. The highest BCUT2D eigenvalue weighted by atomic mass is 16.4. The first-order valence-electron chi connectivity index (χ1n) is 4.22. The Hall–Kier alpha value is -0.530. The van der Waals surface area contributed by atoms with Gasteiger partial charge >= 0.3 is 0 Å². The van der Waals surface area contributed by atoms with Gasteiger partial charge in [-0.3, -0.25) is 4.99 Å². The molecule has 6 heteroatoms. The van der Waals surface area contributed by atoms with E-state index in [2.05, 4.69) is 4.99 Å². The molecule has 0 saturated carbocycles. The number of nitrogens with zero attached hydrogens (tertiary/aromatic N) is 1. The molecule has 0 radical (unpaired) electrons. The monoisotopic (exact) mass is 194 g/mol. The SMILES string of the molecule is [2H]C(=NC)[C@H](O)[C@@H](O)[C@H](O)[C@H](O)CO. The van der Waals surface area contributed by atoms with Gasteiger partial charge in [-0.05, 0) is 0 Å². The summed E-state index contributed by atoms with van der Waals surface area (Å²) in [5.74, 6) is 0. The molecule has 0 saturated heterocycles. The molecule has 0 aliphatic rings. The average Bonchev–Trinajstić information content (AvgIpc) is 2.23. The zero-order valence-corrected chi connectivity index (χ0v) is 7.20. The maximum Gasteiger partial charge on any atom is 0.117 e. The van der Waals surface area contributed by atoms with Gasteiger partial charge in [0.25, 0.3) is 0 Å². The lowest BCUT2D eigenvalue weighted by atomic mass is 10.0. The van der Waals surface area contributed by atoms with Crippen molar-refractivity contribution in [2.75, 3.05) is 13.7 Å². The Morgan fingerprint density at radius 2 is 1.85 bits per heavy atom. The molecule has 6 nitrogen and oxygen atoms in total. The van der Waals surface area contributed by atoms with Crippen LogP contribution in [-0.4, -0.2) is 69.8 Å². The van der Waals surface area contributed by atoms with Crippen molar-refractivity contribution >= 4 is 6.19 Å². The van der Waals surface area contributed by atoms with Gasteiger partial charge in [-0.2, -0.15) is 0 Å². The highest BCUT2D eigenvalue weighted by Gasteiger charge is 2.28. The second-order valence-corrected chi connectivity index (χ2v) is 2.53. The van der Waals surface area contributed by atoms with E-state index in [4.69, 9.17) is 16.7 Å². The minimum absolute atomic E-state index is 0.512. The van der Waals surface area contributed by atoms with Crippen molar-refractivity contribution in [3.8, 4) is 0 Å². The largest absolute Gasteiger partial charge is 0.394 e. The third-order valence-corrected chi connectivity index (χ3v) is 1.52. The first kappa shape index (κ1) is 10.6. The van der Waals surface area contributed by atoms with Gasteiger partial charge in [0.2, 0.25) is 0 Å². The zero-order valence-electron chi connectivity index (χ0n) is 8.20. The number of aliphatic hydroxyl groups is 5. The van der Waals surface area contributed by atoms with Crippen LogP contribution in [0.5, 0.6) is 0 Å². The van der Waals surface area contributed by atoms with Crippen molar-refractivity contribution in [1.82, 2.24) is 0 Å². The summed E-state index contributed by atoms with van der Waals surface area (Å²) in [6.07, 6.45) is -7.24. The van der Waals surface area contributed by atoms with Gasteiger partial charge in [-0.25, -0.2) is 0 Å². The van der Waals surface area contributed by atoms with E-state index in [-0.39, 0.29) is 0 Å². The molecule has 0 aliphatic heterocycles. The van der Waals surface area contributed by atoms with E-state index in [0.29, 0.717) is 0 Å². The van der Waals surface area contributed by atoms with E-state index in [1.54, 1.807) is 0 Å². The van der Waals surface area contributed by atoms with E-state index in [0.717, 1.165) is 0 Å². The lowest BCUT2D eigenvalue weighted by Crippen LogP contribution is -2.46. The van der Waals surface area contributed by atoms with Gasteiger partial charge in [0, 0.05) is 13.2 Å². The van der Waals surface area contributed by atoms with Crippen LogP contribution in [0.15, 0.2) is 4.99 Å². The molecular weight excluding hydrogens is 178 g/mol. The first-order chi connectivity index (χ1) is 6.45. The molecule has 0 aromatic carbocycles. The normalized spacial score (nSPS) is 23.2. The van der Waals surface area contributed by atoms with Crippen molar-refractivity contribution in [2.45, 2.75) is 24.4 Å². The van der Waals surface area contributed by atoms with Crippen LogP contribution < -0.4 is 0 Å². The number of aliphatic hydroxyl groups excluding tert-OH is 5. The summed E-state index contributed by atoms with van der Waals surface area (Å²) in [5.41, 5.74) is 0. The summed E-state index contributed by atoms with van der Waals surface area (Å²) >= 11 is 0. The van der Waals surface area contributed by atoms with E-state index in [9.17, 15) is 10.2 Å². The van der Waals surface area contributed by atoms with Crippen molar-refractivity contribution in [3.05, 3.63) is 0 Å². The minimum Gasteiger partial charge on any atom is -0.394 e. The van der Waals surface area contributed by atoms with Crippen molar-refractivity contribution < 1.29 is 26.9 Å². The number of hydrogen-bond donors (Lipinski definition) is 5. The van der Waals surface area contributed by atoms with Crippen LogP contribution in [0.1, 0.15) is 1.37 Å². The Balaban J connectivity index is 4.38. The molecule has 0 bridgehead atoms. The highest BCUT2D eigenvalue weighted by Crippen LogP contribution is 2.03. The fourth-order valence-electron chi connectivity index (χ4n) is 0.731. The van der Waals surface area contributed by atoms with Crippen molar-refractivity contribution in [3.63, 3.8) is 0 Å². The maximum atomic E-state index is 9.22. The standard InChI is InChI=1S/C7H15NO5/c1-8-2-4(10)6(12)7(13)5(11)3-9/h2,4-7,9-13H,3H2,1H3/t4-,5+,6+,7+/m0/s1/i2D. The first-order valence-corrected chi connectivity index (χ1v) is 3.72. The molecule has 0 unspecified atom stereocenters. The third-order valence-electron chi connectivity index (χ3n) is 1.52. The number of hydrogen-bond acceptors (Lipinski definition) is 6. The smallest absolute Gasteiger partial charge is 0.117 e. The fourth-order valence-corrected chi connectivity index (χ4v) is 0.731. The van der Waals surface area contributed by atoms with E-state index >= 15 is 0 Å². The molecule has 0 aromatic heterocycles. The quantitative estimate of drug-likeness (QED) is 0.302. The maximum absolute atomic E-state index is 9.22. The van der Waals surface area contributed by atoms with E-state index in [1.807, 2.05) is 0 Å². The van der Waals surface area contributed by atoms with Gasteiger partial charge in [0.1, 0.15) is 24.4 Å². The topological polar surface area (TPSA) is 114 Å². The van der Waals surface area contributed by atoms with Crippen molar-refractivity contribution in [2.24, 2.45) is 4.99 Å². The molecule has 0 rings (SSSR count). The highest BCUT2D eigenvalue weighted by molar-refractivity contribution is 5.63. The molecule has 0 aromatic rings. The molecule has 4 atom stereocenters. The van der Waals surface area contributed by atoms with E-state index < -0.39 is 37.2 Å². The predicted molar refractivity (Wildman–Crippen MR) is 45.5 cm³/mol. The van der Waals surface area contributed by atoms with Crippen LogP contribution in [0.25, 0.3) is 0 Å². The van der Waals surface area contributed by atoms with Gasteiger partial charge in [-0.15, -0.1) is 0 Å². The molecule has 0 amide bonds. The number of rotatable bonds is 5. The molecule has 0 aliphatic carbocycles. The number of aliphatic imine (C=N–C) groups is 1. The fraction of sp³-hybridized carbons (Fsp3) is 0.857. The van der Waals surface area contributed by atoms with E-state index in [1.165, 1.54) is 7.05 Å². The summed E-state index contributed by atoms with van der Waals surface area (Å²) in [5, 5.41) is 44.9. The lowest BCUT2D eigenvalue weighted by Gasteiger charge is -2.23. The molecule has 13 heavy (non-hydrogen) atoms. The third kappa shape index (κ3) is 3.79. The zero-order chi connectivity index (χ0) is 11.3. The van der Waals surface area contributed by atoms with Crippen LogP contribution in [0, 0.1) is 0 Å². The summed E-state index contributed by atoms with van der Waals surface area (Å²) in [4.78, 5) is 3.30. The molecule has 0 heterocycles. The predicted octanol–water partition coefficient (Wildman–Crippen LogP) is -2.88. The molecular formula is C7H15NO5. The molecule has 5 N–H and O–H groups in total. The van der Waals surface area contributed by atoms with Crippen LogP contribution in [-0.2, 0) is 0 Å². The van der Waals surface area contributed by atoms with Gasteiger partial charge < -0.3 is 25.5 Å².